The van der Waals surface area contributed by atoms with E-state index < -0.39 is 5.97 Å². The number of hydrogen-bond donors (Lipinski definition) is 2. The Balaban J connectivity index is 2.07. The van der Waals surface area contributed by atoms with E-state index in [0.29, 0.717) is 10.6 Å². The van der Waals surface area contributed by atoms with Crippen LogP contribution in [-0.2, 0) is 4.79 Å². The minimum absolute atomic E-state index is 0.00297. The Morgan fingerprint density at radius 1 is 1.38 bits per heavy atom. The van der Waals surface area contributed by atoms with Crippen LogP contribution in [0.5, 0.6) is 5.75 Å². The number of ketones is 1. The molecule has 1 aromatic carbocycles. The molecule has 0 aliphatic heterocycles. The molecular weight excluding hydrogens is 292 g/mol. The van der Waals surface area contributed by atoms with Crippen molar-refractivity contribution in [2.75, 3.05) is 7.11 Å². The molecule has 0 spiro atoms. The number of carbonyl (C=O) groups excluding carboxylic acids is 1. The standard InChI is InChI=1S/C14H12N2O4S/c1-20-9-5-10-7(13-14(9)16-6-15-13)4-11(21-10)8(17)2-3-12(18)19/h4-6H,2-3H2,1H3,(H,15,16)(H,18,19). The maximum atomic E-state index is 12.0. The SMILES string of the molecule is COc1cc2sc(C(=O)CCC(=O)O)cc2c2nc[nH]c12. The Hall–Kier alpha value is -2.41. The van der Waals surface area contributed by atoms with Gasteiger partial charge in [0.15, 0.2) is 5.78 Å². The molecule has 0 aliphatic rings. The molecule has 6 nitrogen and oxygen atoms in total. The first-order chi connectivity index (χ1) is 10.1. The molecule has 3 rings (SSSR count). The molecular formula is C14H12N2O4S. The van der Waals surface area contributed by atoms with E-state index in [2.05, 4.69) is 9.97 Å². The topological polar surface area (TPSA) is 92.3 Å². The molecule has 0 unspecified atom stereocenters. The van der Waals surface area contributed by atoms with E-state index in [1.54, 1.807) is 19.5 Å². The number of hydrogen-bond acceptors (Lipinski definition) is 5. The van der Waals surface area contributed by atoms with Gasteiger partial charge in [0.25, 0.3) is 0 Å². The number of aromatic nitrogens is 2. The summed E-state index contributed by atoms with van der Waals surface area (Å²) in [6.45, 7) is 0. The molecule has 0 radical (unpaired) electrons. The van der Waals surface area contributed by atoms with Gasteiger partial charge < -0.3 is 14.8 Å². The molecule has 2 N–H and O–H groups in total. The number of benzene rings is 1. The van der Waals surface area contributed by atoms with Crippen LogP contribution in [-0.4, -0.2) is 33.9 Å². The van der Waals surface area contributed by atoms with Crippen LogP contribution in [0.1, 0.15) is 22.5 Å². The summed E-state index contributed by atoms with van der Waals surface area (Å²) in [5.74, 6) is -0.469. The van der Waals surface area contributed by atoms with Gasteiger partial charge in [-0.1, -0.05) is 0 Å². The lowest BCUT2D eigenvalue weighted by Gasteiger charge is -2.01. The van der Waals surface area contributed by atoms with Gasteiger partial charge in [-0.15, -0.1) is 11.3 Å². The second-order valence-electron chi connectivity index (χ2n) is 4.54. The van der Waals surface area contributed by atoms with Gasteiger partial charge in [-0.05, 0) is 6.07 Å². The average molecular weight is 304 g/mol. The molecule has 0 saturated heterocycles. The molecule has 21 heavy (non-hydrogen) atoms. The first-order valence-electron chi connectivity index (χ1n) is 6.28. The summed E-state index contributed by atoms with van der Waals surface area (Å²) < 4.78 is 6.21. The molecule has 0 atom stereocenters. The molecule has 7 heteroatoms. The van der Waals surface area contributed by atoms with E-state index in [4.69, 9.17) is 9.84 Å². The highest BCUT2D eigenvalue weighted by Crippen LogP contribution is 2.36. The van der Waals surface area contributed by atoms with E-state index in [0.717, 1.165) is 21.1 Å². The van der Waals surface area contributed by atoms with Gasteiger partial charge in [-0.2, -0.15) is 0 Å². The van der Waals surface area contributed by atoms with Crippen molar-refractivity contribution in [3.8, 4) is 5.75 Å². The summed E-state index contributed by atoms with van der Waals surface area (Å²) in [5, 5.41) is 9.52. The number of carboxylic acid groups (broad SMARTS) is 1. The van der Waals surface area contributed by atoms with Gasteiger partial charge in [0.1, 0.15) is 16.8 Å². The van der Waals surface area contributed by atoms with Crippen molar-refractivity contribution >= 4 is 44.2 Å². The number of nitrogens with one attached hydrogen (secondary N) is 1. The normalized spacial score (nSPS) is 11.1. The second kappa shape index (κ2) is 5.17. The van der Waals surface area contributed by atoms with Crippen LogP contribution >= 0.6 is 11.3 Å². The number of fused-ring (bicyclic) bond motifs is 3. The van der Waals surface area contributed by atoms with Crippen LogP contribution < -0.4 is 4.74 Å². The molecule has 0 amide bonds. The number of rotatable bonds is 5. The van der Waals surface area contributed by atoms with E-state index in [1.807, 2.05) is 6.07 Å². The van der Waals surface area contributed by atoms with Crippen LogP contribution in [0.15, 0.2) is 18.5 Å². The fourth-order valence-corrected chi connectivity index (χ4v) is 3.28. The van der Waals surface area contributed by atoms with Gasteiger partial charge in [0, 0.05) is 22.6 Å². The smallest absolute Gasteiger partial charge is 0.303 e. The van der Waals surface area contributed by atoms with Gasteiger partial charge >= 0.3 is 5.97 Å². The average Bonchev–Trinajstić information content (AvgIpc) is 3.09. The fraction of sp³-hybridized carbons (Fsp3) is 0.214. The van der Waals surface area contributed by atoms with Gasteiger partial charge in [0.2, 0.25) is 0 Å². The lowest BCUT2D eigenvalue weighted by molar-refractivity contribution is -0.136. The van der Waals surface area contributed by atoms with Gasteiger partial charge in [0.05, 0.1) is 24.7 Å². The van der Waals surface area contributed by atoms with Crippen molar-refractivity contribution in [2.24, 2.45) is 0 Å². The van der Waals surface area contributed by atoms with Gasteiger partial charge in [-0.3, -0.25) is 9.59 Å². The first-order valence-corrected chi connectivity index (χ1v) is 7.10. The third-order valence-corrected chi connectivity index (χ3v) is 4.35. The molecule has 0 fully saturated rings. The number of thiophene rings is 1. The number of Topliss-reactive ketones (excluding diaryl/α,β-unsaturated/α-hetero) is 1. The number of carbonyl (C=O) groups is 2. The van der Waals surface area contributed by atoms with Crippen molar-refractivity contribution in [1.29, 1.82) is 0 Å². The monoisotopic (exact) mass is 304 g/mol. The van der Waals surface area contributed by atoms with Crippen LogP contribution in [0.4, 0.5) is 0 Å². The highest BCUT2D eigenvalue weighted by atomic mass is 32.1. The third kappa shape index (κ3) is 2.36. The third-order valence-electron chi connectivity index (χ3n) is 3.22. The van der Waals surface area contributed by atoms with Crippen molar-refractivity contribution < 1.29 is 19.4 Å². The maximum Gasteiger partial charge on any atom is 0.303 e. The zero-order valence-electron chi connectivity index (χ0n) is 11.2. The van der Waals surface area contributed by atoms with Crippen LogP contribution in [0.2, 0.25) is 0 Å². The Labute approximate surface area is 123 Å². The lowest BCUT2D eigenvalue weighted by Crippen LogP contribution is -2.01. The summed E-state index contributed by atoms with van der Waals surface area (Å²) in [4.78, 5) is 30.4. The zero-order chi connectivity index (χ0) is 15.0. The molecule has 0 bridgehead atoms. The number of nitrogens with zero attached hydrogens (tertiary/aromatic N) is 1. The summed E-state index contributed by atoms with van der Waals surface area (Å²) in [5.41, 5.74) is 1.53. The zero-order valence-corrected chi connectivity index (χ0v) is 12.0. The number of H-pyrrole nitrogens is 1. The van der Waals surface area contributed by atoms with Crippen molar-refractivity contribution in [3.05, 3.63) is 23.3 Å². The number of carboxylic acids is 1. The number of aromatic amines is 1. The predicted octanol–water partition coefficient (Wildman–Crippen LogP) is 2.83. The fourth-order valence-electron chi connectivity index (χ4n) is 2.22. The van der Waals surface area contributed by atoms with Crippen molar-refractivity contribution in [1.82, 2.24) is 9.97 Å². The second-order valence-corrected chi connectivity index (χ2v) is 5.63. The quantitative estimate of drug-likeness (QED) is 0.707. The molecule has 2 heterocycles. The van der Waals surface area contributed by atoms with E-state index in [-0.39, 0.29) is 18.6 Å². The number of ether oxygens (including phenoxy) is 1. The molecule has 108 valence electrons. The van der Waals surface area contributed by atoms with Crippen LogP contribution in [0.3, 0.4) is 0 Å². The minimum atomic E-state index is -0.971. The summed E-state index contributed by atoms with van der Waals surface area (Å²) >= 11 is 1.33. The highest BCUT2D eigenvalue weighted by Gasteiger charge is 2.16. The molecule has 0 aliphatic carbocycles. The summed E-state index contributed by atoms with van der Waals surface area (Å²) in [7, 11) is 1.58. The number of methoxy groups -OCH3 is 1. The predicted molar refractivity (Wildman–Crippen MR) is 79.2 cm³/mol. The van der Waals surface area contributed by atoms with E-state index >= 15 is 0 Å². The molecule has 0 saturated carbocycles. The molecule has 2 aromatic heterocycles. The largest absolute Gasteiger partial charge is 0.494 e. The summed E-state index contributed by atoms with van der Waals surface area (Å²) in [6.07, 6.45) is 1.42. The van der Waals surface area contributed by atoms with E-state index in [1.165, 1.54) is 11.3 Å². The Kier molecular flexibility index (Phi) is 3.34. The maximum absolute atomic E-state index is 12.0. The van der Waals surface area contributed by atoms with Gasteiger partial charge in [-0.25, -0.2) is 4.98 Å². The van der Waals surface area contributed by atoms with Crippen LogP contribution in [0.25, 0.3) is 21.1 Å². The van der Waals surface area contributed by atoms with Crippen molar-refractivity contribution in [2.45, 2.75) is 12.8 Å². The number of imidazole rings is 1. The van der Waals surface area contributed by atoms with E-state index in [9.17, 15) is 9.59 Å². The van der Waals surface area contributed by atoms with Crippen molar-refractivity contribution in [3.63, 3.8) is 0 Å². The lowest BCUT2D eigenvalue weighted by atomic mass is 10.1. The van der Waals surface area contributed by atoms with Crippen LogP contribution in [0, 0.1) is 0 Å². The first kappa shape index (κ1) is 13.6. The highest BCUT2D eigenvalue weighted by molar-refractivity contribution is 7.21. The number of aliphatic carboxylic acids is 1. The Morgan fingerprint density at radius 2 is 2.19 bits per heavy atom. The Bertz CT molecular complexity index is 849. The Morgan fingerprint density at radius 3 is 2.90 bits per heavy atom. The summed E-state index contributed by atoms with van der Waals surface area (Å²) in [6, 6.07) is 3.63. The minimum Gasteiger partial charge on any atom is -0.494 e. The molecule has 3 aromatic rings.